The summed E-state index contributed by atoms with van der Waals surface area (Å²) >= 11 is 0. The standard InChI is InChI=1S/C13H13N3O3/c1-8-14-6-10(16-8)13(17)15-5-9-2-3-11-12(4-9)19-7-18-11/h2-4,6H,5,7H2,1H3,(H,14,16)(H,15,17). The molecule has 98 valence electrons. The number of H-pyrrole nitrogens is 1. The zero-order valence-electron chi connectivity index (χ0n) is 10.4. The SMILES string of the molecule is Cc1ncc(C(=O)NCc2ccc3c(c2)OCO3)[nH]1. The summed E-state index contributed by atoms with van der Waals surface area (Å²) in [5.41, 5.74) is 1.41. The van der Waals surface area contributed by atoms with Gasteiger partial charge in [0.2, 0.25) is 6.79 Å². The van der Waals surface area contributed by atoms with Crippen molar-refractivity contribution in [2.24, 2.45) is 0 Å². The second-order valence-electron chi connectivity index (χ2n) is 4.25. The van der Waals surface area contributed by atoms with Crippen molar-refractivity contribution in [3.05, 3.63) is 41.5 Å². The summed E-state index contributed by atoms with van der Waals surface area (Å²) < 4.78 is 10.5. The number of hydrogen-bond donors (Lipinski definition) is 2. The molecule has 1 amide bonds. The van der Waals surface area contributed by atoms with E-state index in [0.29, 0.717) is 23.8 Å². The van der Waals surface area contributed by atoms with Crippen molar-refractivity contribution < 1.29 is 14.3 Å². The van der Waals surface area contributed by atoms with Crippen LogP contribution in [0.4, 0.5) is 0 Å². The molecule has 6 nitrogen and oxygen atoms in total. The lowest BCUT2D eigenvalue weighted by molar-refractivity contribution is 0.0946. The molecule has 0 bridgehead atoms. The highest BCUT2D eigenvalue weighted by molar-refractivity contribution is 5.92. The van der Waals surface area contributed by atoms with Crippen molar-refractivity contribution in [1.82, 2.24) is 15.3 Å². The van der Waals surface area contributed by atoms with E-state index >= 15 is 0 Å². The molecule has 0 spiro atoms. The highest BCUT2D eigenvalue weighted by Gasteiger charge is 2.14. The number of amides is 1. The Balaban J connectivity index is 1.64. The van der Waals surface area contributed by atoms with Gasteiger partial charge in [-0.05, 0) is 24.6 Å². The Morgan fingerprint density at radius 1 is 1.42 bits per heavy atom. The molecule has 1 aliphatic rings. The molecule has 0 aliphatic carbocycles. The number of carbonyl (C=O) groups excluding carboxylic acids is 1. The van der Waals surface area contributed by atoms with Crippen LogP contribution in [0.1, 0.15) is 21.9 Å². The third-order valence-corrected chi connectivity index (χ3v) is 2.84. The van der Waals surface area contributed by atoms with Crippen LogP contribution in [0.5, 0.6) is 11.5 Å². The van der Waals surface area contributed by atoms with E-state index in [9.17, 15) is 4.79 Å². The van der Waals surface area contributed by atoms with Crippen LogP contribution in [0.2, 0.25) is 0 Å². The second kappa shape index (κ2) is 4.64. The highest BCUT2D eigenvalue weighted by Crippen LogP contribution is 2.32. The Kier molecular flexibility index (Phi) is 2.83. The van der Waals surface area contributed by atoms with Crippen LogP contribution in [0.3, 0.4) is 0 Å². The van der Waals surface area contributed by atoms with Crippen molar-refractivity contribution in [2.75, 3.05) is 6.79 Å². The van der Waals surface area contributed by atoms with Gasteiger partial charge in [-0.2, -0.15) is 0 Å². The van der Waals surface area contributed by atoms with Crippen molar-refractivity contribution in [3.63, 3.8) is 0 Å². The van der Waals surface area contributed by atoms with E-state index in [-0.39, 0.29) is 12.7 Å². The fourth-order valence-corrected chi connectivity index (χ4v) is 1.86. The summed E-state index contributed by atoms with van der Waals surface area (Å²) in [6.07, 6.45) is 1.52. The molecular weight excluding hydrogens is 246 g/mol. The maximum Gasteiger partial charge on any atom is 0.269 e. The van der Waals surface area contributed by atoms with Gasteiger partial charge in [0.25, 0.3) is 5.91 Å². The molecular formula is C13H13N3O3. The summed E-state index contributed by atoms with van der Waals surface area (Å²) in [6, 6.07) is 5.59. The number of ether oxygens (including phenoxy) is 2. The Morgan fingerprint density at radius 2 is 2.26 bits per heavy atom. The van der Waals surface area contributed by atoms with Gasteiger partial charge in [-0.3, -0.25) is 4.79 Å². The summed E-state index contributed by atoms with van der Waals surface area (Å²) in [5, 5.41) is 2.81. The lowest BCUT2D eigenvalue weighted by Gasteiger charge is -2.05. The summed E-state index contributed by atoms with van der Waals surface area (Å²) in [7, 11) is 0. The first kappa shape index (κ1) is 11.6. The topological polar surface area (TPSA) is 76.2 Å². The predicted octanol–water partition coefficient (Wildman–Crippen LogP) is 1.38. The maximum absolute atomic E-state index is 11.8. The molecule has 2 aromatic rings. The Hall–Kier alpha value is -2.50. The van der Waals surface area contributed by atoms with E-state index in [1.165, 1.54) is 6.20 Å². The number of nitrogens with one attached hydrogen (secondary N) is 2. The molecule has 2 N–H and O–H groups in total. The maximum atomic E-state index is 11.8. The smallest absolute Gasteiger partial charge is 0.269 e. The predicted molar refractivity (Wildman–Crippen MR) is 67.1 cm³/mol. The molecule has 0 saturated carbocycles. The second-order valence-corrected chi connectivity index (χ2v) is 4.25. The van der Waals surface area contributed by atoms with Crippen molar-refractivity contribution in [2.45, 2.75) is 13.5 Å². The van der Waals surface area contributed by atoms with Gasteiger partial charge in [-0.25, -0.2) is 4.98 Å². The van der Waals surface area contributed by atoms with Gasteiger partial charge in [0.05, 0.1) is 6.20 Å². The van der Waals surface area contributed by atoms with Crippen LogP contribution in [-0.2, 0) is 6.54 Å². The molecule has 0 fully saturated rings. The molecule has 1 aromatic heterocycles. The van der Waals surface area contributed by atoms with Crippen LogP contribution >= 0.6 is 0 Å². The Bertz CT molecular complexity index is 621. The molecule has 0 unspecified atom stereocenters. The third-order valence-electron chi connectivity index (χ3n) is 2.84. The van der Waals surface area contributed by atoms with Crippen LogP contribution in [0.15, 0.2) is 24.4 Å². The van der Waals surface area contributed by atoms with Crippen LogP contribution in [-0.4, -0.2) is 22.7 Å². The highest BCUT2D eigenvalue weighted by atomic mass is 16.7. The zero-order chi connectivity index (χ0) is 13.2. The minimum atomic E-state index is -0.182. The quantitative estimate of drug-likeness (QED) is 0.873. The van der Waals surface area contributed by atoms with Gasteiger partial charge in [0, 0.05) is 6.54 Å². The number of benzene rings is 1. The van der Waals surface area contributed by atoms with Crippen molar-refractivity contribution in [3.8, 4) is 11.5 Å². The average molecular weight is 259 g/mol. The number of imidazole rings is 1. The van der Waals surface area contributed by atoms with Gasteiger partial charge in [0.15, 0.2) is 11.5 Å². The van der Waals surface area contributed by atoms with E-state index < -0.39 is 0 Å². The normalized spacial score (nSPS) is 12.5. The molecule has 1 aromatic carbocycles. The van der Waals surface area contributed by atoms with E-state index in [2.05, 4.69) is 15.3 Å². The van der Waals surface area contributed by atoms with E-state index in [4.69, 9.17) is 9.47 Å². The molecule has 0 radical (unpaired) electrons. The lowest BCUT2D eigenvalue weighted by Crippen LogP contribution is -2.23. The first-order valence-electron chi connectivity index (χ1n) is 5.91. The Labute approximate surface area is 109 Å². The van der Waals surface area contributed by atoms with E-state index in [1.54, 1.807) is 6.92 Å². The van der Waals surface area contributed by atoms with Gasteiger partial charge in [-0.1, -0.05) is 6.07 Å². The average Bonchev–Trinajstić information content (AvgIpc) is 3.03. The number of rotatable bonds is 3. The molecule has 0 atom stereocenters. The van der Waals surface area contributed by atoms with Crippen molar-refractivity contribution in [1.29, 1.82) is 0 Å². The molecule has 2 heterocycles. The monoisotopic (exact) mass is 259 g/mol. The number of aryl methyl sites for hydroxylation is 1. The number of nitrogens with zero attached hydrogens (tertiary/aromatic N) is 1. The molecule has 3 rings (SSSR count). The molecule has 1 aliphatic heterocycles. The molecule has 19 heavy (non-hydrogen) atoms. The van der Waals surface area contributed by atoms with Crippen LogP contribution in [0.25, 0.3) is 0 Å². The van der Waals surface area contributed by atoms with Gasteiger partial charge < -0.3 is 19.8 Å². The minimum Gasteiger partial charge on any atom is -0.454 e. The summed E-state index contributed by atoms with van der Waals surface area (Å²) in [4.78, 5) is 18.7. The van der Waals surface area contributed by atoms with Gasteiger partial charge >= 0.3 is 0 Å². The van der Waals surface area contributed by atoms with Gasteiger partial charge in [0.1, 0.15) is 11.5 Å². The van der Waals surface area contributed by atoms with Crippen LogP contribution in [0, 0.1) is 6.92 Å². The van der Waals surface area contributed by atoms with E-state index in [1.807, 2.05) is 18.2 Å². The first-order valence-corrected chi connectivity index (χ1v) is 5.91. The van der Waals surface area contributed by atoms with Gasteiger partial charge in [-0.15, -0.1) is 0 Å². The molecule has 6 heteroatoms. The van der Waals surface area contributed by atoms with E-state index in [0.717, 1.165) is 11.3 Å². The van der Waals surface area contributed by atoms with Crippen LogP contribution < -0.4 is 14.8 Å². The Morgan fingerprint density at radius 3 is 3.05 bits per heavy atom. The largest absolute Gasteiger partial charge is 0.454 e. The summed E-state index contributed by atoms with van der Waals surface area (Å²) in [5.74, 6) is 1.98. The summed E-state index contributed by atoms with van der Waals surface area (Å²) in [6.45, 7) is 2.47. The lowest BCUT2D eigenvalue weighted by atomic mass is 10.2. The number of fused-ring (bicyclic) bond motifs is 1. The van der Waals surface area contributed by atoms with Crippen molar-refractivity contribution >= 4 is 5.91 Å². The molecule has 0 saturated heterocycles. The first-order chi connectivity index (χ1) is 9.22. The zero-order valence-corrected chi connectivity index (χ0v) is 10.4. The minimum absolute atomic E-state index is 0.182. The number of aromatic nitrogens is 2. The number of hydrogen-bond acceptors (Lipinski definition) is 4. The third kappa shape index (κ3) is 2.37. The fourth-order valence-electron chi connectivity index (χ4n) is 1.86. The fraction of sp³-hybridized carbons (Fsp3) is 0.231. The number of aromatic amines is 1. The number of carbonyl (C=O) groups is 1.